The van der Waals surface area contributed by atoms with Crippen LogP contribution in [0.15, 0.2) is 53.5 Å². The molecule has 2 heterocycles. The van der Waals surface area contributed by atoms with E-state index < -0.39 is 0 Å². The molecule has 2 aromatic heterocycles. The van der Waals surface area contributed by atoms with Gasteiger partial charge >= 0.3 is 0 Å². The van der Waals surface area contributed by atoms with Crippen molar-refractivity contribution in [3.63, 3.8) is 0 Å². The summed E-state index contributed by atoms with van der Waals surface area (Å²) in [6, 6.07) is 12.1. The molecule has 3 rings (SSSR count). The van der Waals surface area contributed by atoms with Crippen LogP contribution in [0.25, 0.3) is 10.8 Å². The Bertz CT molecular complexity index is 874. The summed E-state index contributed by atoms with van der Waals surface area (Å²) in [4.78, 5) is 28.4. The molecule has 1 atom stereocenters. The Morgan fingerprint density at radius 2 is 1.86 bits per heavy atom. The molecule has 22 heavy (non-hydrogen) atoms. The quantitative estimate of drug-likeness (QED) is 0.771. The van der Waals surface area contributed by atoms with Gasteiger partial charge in [0.15, 0.2) is 5.69 Å². The van der Waals surface area contributed by atoms with Gasteiger partial charge in [-0.1, -0.05) is 24.3 Å². The molecule has 0 aliphatic carbocycles. The van der Waals surface area contributed by atoms with Gasteiger partial charge in [0.05, 0.1) is 17.1 Å². The van der Waals surface area contributed by atoms with Crippen LogP contribution < -0.4 is 10.9 Å². The van der Waals surface area contributed by atoms with E-state index in [1.165, 1.54) is 0 Å². The number of pyridine rings is 1. The Balaban J connectivity index is 1.93. The molecule has 1 unspecified atom stereocenters. The first-order chi connectivity index (χ1) is 10.7. The molecule has 0 radical (unpaired) electrons. The van der Waals surface area contributed by atoms with Crippen LogP contribution in [0.5, 0.6) is 0 Å². The van der Waals surface area contributed by atoms with E-state index in [1.54, 1.807) is 30.5 Å². The third-order valence-corrected chi connectivity index (χ3v) is 3.39. The zero-order valence-electron chi connectivity index (χ0n) is 11.9. The number of amides is 1. The molecule has 110 valence electrons. The summed E-state index contributed by atoms with van der Waals surface area (Å²) in [5.41, 5.74) is 0.632. The summed E-state index contributed by atoms with van der Waals surface area (Å²) >= 11 is 0. The summed E-state index contributed by atoms with van der Waals surface area (Å²) in [7, 11) is 0. The Morgan fingerprint density at radius 3 is 2.59 bits per heavy atom. The maximum Gasteiger partial charge on any atom is 0.272 e. The Kier molecular flexibility index (Phi) is 3.65. The van der Waals surface area contributed by atoms with Crippen molar-refractivity contribution >= 4 is 16.7 Å². The second-order valence-electron chi connectivity index (χ2n) is 4.90. The molecule has 0 bridgehead atoms. The average Bonchev–Trinajstić information content (AvgIpc) is 2.56. The number of hydrogen-bond donors (Lipinski definition) is 2. The second-order valence-corrected chi connectivity index (χ2v) is 4.90. The number of fused-ring (bicyclic) bond motifs is 1. The lowest BCUT2D eigenvalue weighted by atomic mass is 10.1. The van der Waals surface area contributed by atoms with Crippen molar-refractivity contribution in [1.82, 2.24) is 20.5 Å². The smallest absolute Gasteiger partial charge is 0.272 e. The van der Waals surface area contributed by atoms with Crippen molar-refractivity contribution in [3.05, 3.63) is 70.4 Å². The maximum absolute atomic E-state index is 12.4. The minimum absolute atomic E-state index is 0.193. The van der Waals surface area contributed by atoms with Crippen LogP contribution in [0, 0.1) is 0 Å². The Labute approximate surface area is 126 Å². The number of nitrogens with one attached hydrogen (secondary N) is 2. The molecule has 1 aromatic carbocycles. The van der Waals surface area contributed by atoms with Gasteiger partial charge in [-0.15, -0.1) is 0 Å². The highest BCUT2D eigenvalue weighted by Gasteiger charge is 2.17. The first-order valence-electron chi connectivity index (χ1n) is 6.86. The lowest BCUT2D eigenvalue weighted by Crippen LogP contribution is -2.29. The SMILES string of the molecule is CC(NC(=O)c1n[nH]c(=O)c2ccccc12)c1ccccn1. The zero-order valence-corrected chi connectivity index (χ0v) is 11.9. The molecule has 2 N–H and O–H groups in total. The lowest BCUT2D eigenvalue weighted by Gasteiger charge is -2.13. The van der Waals surface area contributed by atoms with E-state index in [2.05, 4.69) is 20.5 Å². The van der Waals surface area contributed by atoms with Gasteiger partial charge < -0.3 is 5.32 Å². The van der Waals surface area contributed by atoms with E-state index in [0.717, 1.165) is 5.69 Å². The lowest BCUT2D eigenvalue weighted by molar-refractivity contribution is 0.0935. The van der Waals surface area contributed by atoms with Gasteiger partial charge in [-0.2, -0.15) is 5.10 Å². The molecular weight excluding hydrogens is 280 g/mol. The van der Waals surface area contributed by atoms with E-state index in [4.69, 9.17) is 0 Å². The summed E-state index contributed by atoms with van der Waals surface area (Å²) in [5, 5.41) is 10.0. The zero-order chi connectivity index (χ0) is 15.5. The van der Waals surface area contributed by atoms with Crippen LogP contribution in [-0.2, 0) is 0 Å². The first-order valence-corrected chi connectivity index (χ1v) is 6.86. The molecule has 0 aliphatic heterocycles. The monoisotopic (exact) mass is 294 g/mol. The Hall–Kier alpha value is -3.02. The van der Waals surface area contributed by atoms with Crippen molar-refractivity contribution in [1.29, 1.82) is 0 Å². The number of carbonyl (C=O) groups excluding carboxylic acids is 1. The van der Waals surface area contributed by atoms with Gasteiger partial charge in [0.2, 0.25) is 0 Å². The van der Waals surface area contributed by atoms with Gasteiger partial charge in [-0.3, -0.25) is 14.6 Å². The summed E-state index contributed by atoms with van der Waals surface area (Å²) in [6.07, 6.45) is 1.67. The number of nitrogens with zero attached hydrogens (tertiary/aromatic N) is 2. The standard InChI is InChI=1S/C16H14N4O2/c1-10(13-8-4-5-9-17-13)18-16(22)14-11-6-2-3-7-12(11)15(21)20-19-14/h2-10H,1H3,(H,18,22)(H,20,21). The van der Waals surface area contributed by atoms with Gasteiger partial charge in [-0.05, 0) is 25.1 Å². The number of benzene rings is 1. The van der Waals surface area contributed by atoms with Gasteiger partial charge in [0, 0.05) is 11.6 Å². The Morgan fingerprint density at radius 1 is 1.14 bits per heavy atom. The van der Waals surface area contributed by atoms with Crippen molar-refractivity contribution in [2.24, 2.45) is 0 Å². The fourth-order valence-electron chi connectivity index (χ4n) is 2.26. The topological polar surface area (TPSA) is 87.7 Å². The molecule has 0 aliphatic rings. The number of carbonyl (C=O) groups is 1. The third kappa shape index (κ3) is 2.58. The van der Waals surface area contributed by atoms with Crippen LogP contribution >= 0.6 is 0 Å². The van der Waals surface area contributed by atoms with Gasteiger partial charge in [0.25, 0.3) is 11.5 Å². The highest BCUT2D eigenvalue weighted by Crippen LogP contribution is 2.14. The van der Waals surface area contributed by atoms with E-state index in [-0.39, 0.29) is 23.2 Å². The number of H-pyrrole nitrogens is 1. The molecule has 6 nitrogen and oxygen atoms in total. The summed E-state index contributed by atoms with van der Waals surface area (Å²) < 4.78 is 0. The fraction of sp³-hybridized carbons (Fsp3) is 0.125. The van der Waals surface area contributed by atoms with E-state index in [0.29, 0.717) is 10.8 Å². The molecule has 3 aromatic rings. The number of hydrogen-bond acceptors (Lipinski definition) is 4. The van der Waals surface area contributed by atoms with Crippen LogP contribution in [0.3, 0.4) is 0 Å². The van der Waals surface area contributed by atoms with Crippen LogP contribution in [-0.4, -0.2) is 21.1 Å². The largest absolute Gasteiger partial charge is 0.343 e. The van der Waals surface area contributed by atoms with E-state index in [9.17, 15) is 9.59 Å². The predicted molar refractivity (Wildman–Crippen MR) is 82.5 cm³/mol. The highest BCUT2D eigenvalue weighted by atomic mass is 16.2. The minimum Gasteiger partial charge on any atom is -0.343 e. The van der Waals surface area contributed by atoms with Crippen LogP contribution in [0.1, 0.15) is 29.1 Å². The minimum atomic E-state index is -0.356. The molecule has 0 spiro atoms. The summed E-state index contributed by atoms with van der Waals surface area (Å²) in [5.74, 6) is -0.356. The van der Waals surface area contributed by atoms with Crippen molar-refractivity contribution in [3.8, 4) is 0 Å². The maximum atomic E-state index is 12.4. The predicted octanol–water partition coefficient (Wildman–Crippen LogP) is 1.81. The van der Waals surface area contributed by atoms with Crippen molar-refractivity contribution < 1.29 is 4.79 Å². The molecule has 6 heteroatoms. The second kappa shape index (κ2) is 5.77. The van der Waals surface area contributed by atoms with E-state index in [1.807, 2.05) is 25.1 Å². The molecular formula is C16H14N4O2. The number of aromatic nitrogens is 3. The van der Waals surface area contributed by atoms with E-state index >= 15 is 0 Å². The average molecular weight is 294 g/mol. The fourth-order valence-corrected chi connectivity index (χ4v) is 2.26. The number of aromatic amines is 1. The first kappa shape index (κ1) is 13.9. The molecule has 0 saturated heterocycles. The van der Waals surface area contributed by atoms with Crippen molar-refractivity contribution in [2.45, 2.75) is 13.0 Å². The van der Waals surface area contributed by atoms with Crippen molar-refractivity contribution in [2.75, 3.05) is 0 Å². The summed E-state index contributed by atoms with van der Waals surface area (Å²) in [6.45, 7) is 1.84. The molecule has 0 saturated carbocycles. The third-order valence-electron chi connectivity index (χ3n) is 3.39. The van der Waals surface area contributed by atoms with Gasteiger partial charge in [-0.25, -0.2) is 5.10 Å². The molecule has 1 amide bonds. The number of rotatable bonds is 3. The van der Waals surface area contributed by atoms with Gasteiger partial charge in [0.1, 0.15) is 0 Å². The van der Waals surface area contributed by atoms with Crippen LogP contribution in [0.4, 0.5) is 0 Å². The highest BCUT2D eigenvalue weighted by molar-refractivity contribution is 6.04. The molecule has 0 fully saturated rings. The normalized spacial score (nSPS) is 12.0. The van der Waals surface area contributed by atoms with Crippen LogP contribution in [0.2, 0.25) is 0 Å².